The number of nitrogens with two attached hydrogens (primary N) is 1. The van der Waals surface area contributed by atoms with Crippen LogP contribution in [-0.4, -0.2) is 28.4 Å². The van der Waals surface area contributed by atoms with Gasteiger partial charge in [-0.2, -0.15) is 0 Å². The second kappa shape index (κ2) is 4.51. The summed E-state index contributed by atoms with van der Waals surface area (Å²) in [5.41, 5.74) is 6.23. The van der Waals surface area contributed by atoms with Crippen LogP contribution in [0.25, 0.3) is 0 Å². The van der Waals surface area contributed by atoms with Crippen molar-refractivity contribution in [2.45, 2.75) is 32.2 Å². The van der Waals surface area contributed by atoms with Crippen molar-refractivity contribution >= 4 is 11.7 Å². The summed E-state index contributed by atoms with van der Waals surface area (Å²) in [5.74, 6) is 0.483. The molecule has 0 unspecified atom stereocenters. The lowest BCUT2D eigenvalue weighted by atomic mass is 10.2. The van der Waals surface area contributed by atoms with Crippen LogP contribution in [0.3, 0.4) is 0 Å². The molecule has 1 heterocycles. The maximum absolute atomic E-state index is 12.2. The average molecular weight is 219 g/mol. The van der Waals surface area contributed by atoms with Gasteiger partial charge in [0.15, 0.2) is 0 Å². The Morgan fingerprint density at radius 1 is 1.62 bits per heavy atom. The van der Waals surface area contributed by atoms with Crippen molar-refractivity contribution in [2.24, 2.45) is 0 Å². The van der Waals surface area contributed by atoms with Crippen LogP contribution >= 0.6 is 0 Å². The van der Waals surface area contributed by atoms with Crippen molar-refractivity contribution in [2.75, 3.05) is 12.3 Å². The number of nitrogens with zero attached hydrogens (tertiary/aromatic N) is 2. The van der Waals surface area contributed by atoms with Crippen LogP contribution in [0.5, 0.6) is 0 Å². The number of aromatic nitrogens is 1. The lowest BCUT2D eigenvalue weighted by Gasteiger charge is -2.21. The Hall–Kier alpha value is -1.58. The van der Waals surface area contributed by atoms with E-state index in [9.17, 15) is 4.79 Å². The number of amides is 1. The molecule has 2 rings (SSSR count). The molecule has 0 aromatic carbocycles. The van der Waals surface area contributed by atoms with Gasteiger partial charge in [0.1, 0.15) is 5.82 Å². The zero-order chi connectivity index (χ0) is 11.5. The molecule has 0 spiro atoms. The zero-order valence-corrected chi connectivity index (χ0v) is 9.52. The first kappa shape index (κ1) is 10.9. The van der Waals surface area contributed by atoms with Crippen molar-refractivity contribution in [1.82, 2.24) is 9.88 Å². The van der Waals surface area contributed by atoms with Gasteiger partial charge in [-0.3, -0.25) is 4.79 Å². The summed E-state index contributed by atoms with van der Waals surface area (Å²) in [6, 6.07) is 3.82. The predicted octanol–water partition coefficient (Wildman–Crippen LogP) is 1.68. The van der Waals surface area contributed by atoms with Gasteiger partial charge in [-0.15, -0.1) is 0 Å². The Kier molecular flexibility index (Phi) is 3.08. The number of hydrogen-bond acceptors (Lipinski definition) is 3. The third-order valence-corrected chi connectivity index (χ3v) is 2.74. The van der Waals surface area contributed by atoms with Crippen molar-refractivity contribution < 1.29 is 4.79 Å². The van der Waals surface area contributed by atoms with E-state index < -0.39 is 0 Å². The van der Waals surface area contributed by atoms with E-state index >= 15 is 0 Å². The normalized spacial score (nSPS) is 14.8. The van der Waals surface area contributed by atoms with Crippen molar-refractivity contribution in [3.8, 4) is 0 Å². The lowest BCUT2D eigenvalue weighted by molar-refractivity contribution is 0.0743. The van der Waals surface area contributed by atoms with Crippen LogP contribution in [0.2, 0.25) is 0 Å². The van der Waals surface area contributed by atoms with Gasteiger partial charge in [0.2, 0.25) is 0 Å². The summed E-state index contributed by atoms with van der Waals surface area (Å²) in [7, 11) is 0. The van der Waals surface area contributed by atoms with Gasteiger partial charge in [0.25, 0.3) is 5.91 Å². The third-order valence-electron chi connectivity index (χ3n) is 2.74. The largest absolute Gasteiger partial charge is 0.384 e. The summed E-state index contributed by atoms with van der Waals surface area (Å²) in [5, 5.41) is 0. The lowest BCUT2D eigenvalue weighted by Crippen LogP contribution is -2.33. The molecule has 1 saturated carbocycles. The van der Waals surface area contributed by atoms with E-state index in [4.69, 9.17) is 5.73 Å². The fourth-order valence-electron chi connectivity index (χ4n) is 1.82. The molecule has 0 aliphatic heterocycles. The molecule has 16 heavy (non-hydrogen) atoms. The predicted molar refractivity (Wildman–Crippen MR) is 63.0 cm³/mol. The van der Waals surface area contributed by atoms with E-state index in [2.05, 4.69) is 11.9 Å². The molecule has 2 N–H and O–H groups in total. The molecule has 0 bridgehead atoms. The van der Waals surface area contributed by atoms with E-state index in [0.717, 1.165) is 25.8 Å². The van der Waals surface area contributed by atoms with Gasteiger partial charge in [-0.05, 0) is 31.4 Å². The highest BCUT2D eigenvalue weighted by atomic mass is 16.2. The quantitative estimate of drug-likeness (QED) is 0.838. The minimum absolute atomic E-state index is 0.0819. The van der Waals surface area contributed by atoms with E-state index in [0.29, 0.717) is 17.4 Å². The highest BCUT2D eigenvalue weighted by Gasteiger charge is 2.32. The summed E-state index contributed by atoms with van der Waals surface area (Å²) in [6.07, 6.45) is 4.83. The Morgan fingerprint density at radius 3 is 2.94 bits per heavy atom. The fraction of sp³-hybridized carbons (Fsp3) is 0.500. The second-order valence-electron chi connectivity index (χ2n) is 4.20. The summed E-state index contributed by atoms with van der Waals surface area (Å²) in [6.45, 7) is 2.91. The maximum atomic E-state index is 12.2. The van der Waals surface area contributed by atoms with E-state index in [1.165, 1.54) is 0 Å². The van der Waals surface area contributed by atoms with E-state index in [1.807, 2.05) is 4.90 Å². The van der Waals surface area contributed by atoms with Gasteiger partial charge in [0, 0.05) is 24.3 Å². The van der Waals surface area contributed by atoms with Crippen LogP contribution in [0.4, 0.5) is 5.82 Å². The maximum Gasteiger partial charge on any atom is 0.254 e. The molecule has 1 aliphatic rings. The number of nitrogen functional groups attached to an aromatic ring is 1. The molecule has 0 radical (unpaired) electrons. The zero-order valence-electron chi connectivity index (χ0n) is 9.52. The van der Waals surface area contributed by atoms with Crippen LogP contribution in [-0.2, 0) is 0 Å². The molecule has 0 saturated heterocycles. The molecule has 1 amide bonds. The van der Waals surface area contributed by atoms with E-state index in [1.54, 1.807) is 18.3 Å². The molecule has 1 fully saturated rings. The summed E-state index contributed by atoms with van der Waals surface area (Å²) in [4.78, 5) is 18.1. The molecule has 1 aromatic rings. The number of carbonyl (C=O) groups excluding carboxylic acids is 1. The van der Waals surface area contributed by atoms with Crippen LogP contribution in [0, 0.1) is 0 Å². The van der Waals surface area contributed by atoms with Gasteiger partial charge >= 0.3 is 0 Å². The molecule has 1 aliphatic carbocycles. The number of carbonyl (C=O) groups is 1. The average Bonchev–Trinajstić information content (AvgIpc) is 3.09. The van der Waals surface area contributed by atoms with Gasteiger partial charge in [0.05, 0.1) is 0 Å². The number of hydrogen-bond donors (Lipinski definition) is 1. The number of rotatable bonds is 4. The topological polar surface area (TPSA) is 59.2 Å². The molecular weight excluding hydrogens is 202 g/mol. The highest BCUT2D eigenvalue weighted by Crippen LogP contribution is 2.28. The van der Waals surface area contributed by atoms with Crippen LogP contribution in [0.1, 0.15) is 36.5 Å². The SMILES string of the molecule is CCCN(C(=O)c1ccnc(N)c1)C1CC1. The number of pyridine rings is 1. The Morgan fingerprint density at radius 2 is 2.38 bits per heavy atom. The summed E-state index contributed by atoms with van der Waals surface area (Å²) >= 11 is 0. The summed E-state index contributed by atoms with van der Waals surface area (Å²) < 4.78 is 0. The molecule has 4 heteroatoms. The molecule has 0 atom stereocenters. The van der Waals surface area contributed by atoms with Crippen LogP contribution in [0.15, 0.2) is 18.3 Å². The first-order valence-corrected chi connectivity index (χ1v) is 5.75. The first-order chi connectivity index (χ1) is 7.72. The van der Waals surface area contributed by atoms with Gasteiger partial charge < -0.3 is 10.6 Å². The van der Waals surface area contributed by atoms with Crippen LogP contribution < -0.4 is 5.73 Å². The molecule has 4 nitrogen and oxygen atoms in total. The van der Waals surface area contributed by atoms with Crippen molar-refractivity contribution in [3.05, 3.63) is 23.9 Å². The minimum atomic E-state index is 0.0819. The third kappa shape index (κ3) is 2.32. The smallest absolute Gasteiger partial charge is 0.254 e. The Bertz CT molecular complexity index is 388. The van der Waals surface area contributed by atoms with E-state index in [-0.39, 0.29) is 5.91 Å². The molecule has 1 aromatic heterocycles. The molecule has 86 valence electrons. The fourth-order valence-corrected chi connectivity index (χ4v) is 1.82. The van der Waals surface area contributed by atoms with Gasteiger partial charge in [-0.25, -0.2) is 4.98 Å². The first-order valence-electron chi connectivity index (χ1n) is 5.75. The van der Waals surface area contributed by atoms with Crippen molar-refractivity contribution in [1.29, 1.82) is 0 Å². The van der Waals surface area contributed by atoms with Gasteiger partial charge in [-0.1, -0.05) is 6.92 Å². The Labute approximate surface area is 95.5 Å². The minimum Gasteiger partial charge on any atom is -0.384 e. The second-order valence-corrected chi connectivity index (χ2v) is 4.20. The highest BCUT2D eigenvalue weighted by molar-refractivity contribution is 5.95. The number of anilines is 1. The Balaban J connectivity index is 2.15. The monoisotopic (exact) mass is 219 g/mol. The standard InChI is InChI=1S/C12H17N3O/c1-2-7-15(10-3-4-10)12(16)9-5-6-14-11(13)8-9/h5-6,8,10H,2-4,7H2,1H3,(H2,13,14). The van der Waals surface area contributed by atoms with Crippen molar-refractivity contribution in [3.63, 3.8) is 0 Å². The molecular formula is C12H17N3O.